The van der Waals surface area contributed by atoms with E-state index in [-0.39, 0.29) is 5.41 Å². The van der Waals surface area contributed by atoms with Crippen LogP contribution in [0.15, 0.2) is 60.1 Å². The lowest BCUT2D eigenvalue weighted by atomic mass is 9.59. The molecule has 1 spiro atoms. The lowest BCUT2D eigenvalue weighted by molar-refractivity contribution is -0.144. The number of halogens is 1. The molecule has 41 heavy (non-hydrogen) atoms. The van der Waals surface area contributed by atoms with Crippen LogP contribution >= 0.6 is 22.9 Å². The van der Waals surface area contributed by atoms with E-state index in [9.17, 15) is 9.90 Å². The molecule has 6 rings (SSSR count). The van der Waals surface area contributed by atoms with Crippen LogP contribution < -0.4 is 10.1 Å². The molecule has 0 bridgehead atoms. The van der Waals surface area contributed by atoms with Crippen molar-refractivity contribution < 1.29 is 14.6 Å². The number of nitrogens with zero attached hydrogens (tertiary/aromatic N) is 1. The van der Waals surface area contributed by atoms with Gasteiger partial charge in [-0.25, -0.2) is 4.79 Å². The highest BCUT2D eigenvalue weighted by molar-refractivity contribution is 7.17. The SMILES string of the molecule is Cc1cc2c(cc1C)C1(CCC(Nc3cccc(Cl)c3)(C(=O)O)CC1)[C@@H](C[C@@H](C)COc1ccnc3ccsc13)C2. The van der Waals surface area contributed by atoms with Crippen molar-refractivity contribution in [2.45, 2.75) is 70.3 Å². The highest BCUT2D eigenvalue weighted by atomic mass is 35.5. The van der Waals surface area contributed by atoms with E-state index >= 15 is 0 Å². The van der Waals surface area contributed by atoms with Crippen LogP contribution in [0.4, 0.5) is 5.69 Å². The summed E-state index contributed by atoms with van der Waals surface area (Å²) < 4.78 is 7.45. The Labute approximate surface area is 250 Å². The minimum atomic E-state index is -1.01. The predicted molar refractivity (Wildman–Crippen MR) is 168 cm³/mol. The van der Waals surface area contributed by atoms with Crippen LogP contribution in [0, 0.1) is 25.7 Å². The molecule has 0 radical (unpaired) electrons. The van der Waals surface area contributed by atoms with E-state index in [2.05, 4.69) is 48.6 Å². The monoisotopic (exact) mass is 588 g/mol. The second-order valence-electron chi connectivity index (χ2n) is 12.3. The molecule has 2 heterocycles. The van der Waals surface area contributed by atoms with Crippen molar-refractivity contribution in [1.29, 1.82) is 0 Å². The van der Waals surface area contributed by atoms with Gasteiger partial charge < -0.3 is 15.2 Å². The van der Waals surface area contributed by atoms with E-state index in [4.69, 9.17) is 16.3 Å². The van der Waals surface area contributed by atoms with E-state index in [0.29, 0.717) is 36.3 Å². The van der Waals surface area contributed by atoms with Crippen molar-refractivity contribution in [3.63, 3.8) is 0 Å². The van der Waals surface area contributed by atoms with Gasteiger partial charge in [0.1, 0.15) is 11.3 Å². The summed E-state index contributed by atoms with van der Waals surface area (Å²) in [5.74, 6) is 0.909. The third-order valence-electron chi connectivity index (χ3n) is 9.64. The fourth-order valence-corrected chi connectivity index (χ4v) is 8.29. The summed E-state index contributed by atoms with van der Waals surface area (Å²) in [6, 6.07) is 16.1. The quantitative estimate of drug-likeness (QED) is 0.216. The molecule has 2 aromatic carbocycles. The van der Waals surface area contributed by atoms with Crippen LogP contribution in [0.25, 0.3) is 10.2 Å². The number of carboxylic acid groups (broad SMARTS) is 1. The fraction of sp³-hybridized carbons (Fsp3) is 0.412. The molecule has 2 N–H and O–H groups in total. The molecule has 0 unspecified atom stereocenters. The molecule has 0 aliphatic heterocycles. The number of carboxylic acids is 1. The van der Waals surface area contributed by atoms with Crippen molar-refractivity contribution in [1.82, 2.24) is 4.98 Å². The fourth-order valence-electron chi connectivity index (χ4n) is 7.28. The van der Waals surface area contributed by atoms with Gasteiger partial charge in [-0.1, -0.05) is 36.7 Å². The van der Waals surface area contributed by atoms with E-state index < -0.39 is 11.5 Å². The first-order valence-corrected chi connectivity index (χ1v) is 15.8. The third-order valence-corrected chi connectivity index (χ3v) is 10.8. The van der Waals surface area contributed by atoms with Gasteiger partial charge in [0, 0.05) is 16.9 Å². The van der Waals surface area contributed by atoms with Gasteiger partial charge in [-0.15, -0.1) is 11.3 Å². The summed E-state index contributed by atoms with van der Waals surface area (Å²) in [6.07, 6.45) is 6.68. The van der Waals surface area contributed by atoms with Crippen molar-refractivity contribution in [3.05, 3.63) is 87.4 Å². The van der Waals surface area contributed by atoms with Crippen LogP contribution in [0.2, 0.25) is 5.02 Å². The van der Waals surface area contributed by atoms with Crippen LogP contribution in [-0.4, -0.2) is 28.2 Å². The van der Waals surface area contributed by atoms with E-state index in [1.54, 1.807) is 11.3 Å². The van der Waals surface area contributed by atoms with Crippen molar-refractivity contribution in [3.8, 4) is 5.75 Å². The lowest BCUT2D eigenvalue weighted by Gasteiger charge is -2.47. The minimum absolute atomic E-state index is 0.0330. The highest BCUT2D eigenvalue weighted by Gasteiger charge is 2.54. The molecule has 2 aliphatic rings. The second kappa shape index (κ2) is 11.0. The topological polar surface area (TPSA) is 71.5 Å². The molecular formula is C34H37ClN2O3S. The molecule has 1 fully saturated rings. The Kier molecular flexibility index (Phi) is 7.50. The molecule has 2 aromatic heterocycles. The zero-order valence-corrected chi connectivity index (χ0v) is 25.4. The summed E-state index contributed by atoms with van der Waals surface area (Å²) in [4.78, 5) is 17.2. The van der Waals surface area contributed by atoms with Gasteiger partial charge in [-0.3, -0.25) is 4.98 Å². The average molecular weight is 589 g/mol. The van der Waals surface area contributed by atoms with Gasteiger partial charge in [-0.05, 0) is 128 Å². The smallest absolute Gasteiger partial charge is 0.329 e. The molecule has 2 atom stereocenters. The van der Waals surface area contributed by atoms with Crippen molar-refractivity contribution in [2.75, 3.05) is 11.9 Å². The number of carbonyl (C=O) groups is 1. The summed E-state index contributed by atoms with van der Waals surface area (Å²) in [5, 5.41) is 16.5. The molecule has 0 saturated heterocycles. The maximum atomic E-state index is 12.8. The number of anilines is 1. The summed E-state index contributed by atoms with van der Waals surface area (Å²) in [5.41, 5.74) is 6.21. The molecular weight excluding hydrogens is 552 g/mol. The van der Waals surface area contributed by atoms with E-state index in [1.807, 2.05) is 42.6 Å². The summed E-state index contributed by atoms with van der Waals surface area (Å²) in [6.45, 7) is 7.31. The Morgan fingerprint density at radius 1 is 1.15 bits per heavy atom. The summed E-state index contributed by atoms with van der Waals surface area (Å²) >= 11 is 7.89. The molecule has 7 heteroatoms. The maximum absolute atomic E-state index is 12.8. The first-order chi connectivity index (χ1) is 19.7. The van der Waals surface area contributed by atoms with Crippen LogP contribution in [0.5, 0.6) is 5.75 Å². The maximum Gasteiger partial charge on any atom is 0.329 e. The number of pyridine rings is 1. The zero-order chi connectivity index (χ0) is 28.8. The zero-order valence-electron chi connectivity index (χ0n) is 23.9. The minimum Gasteiger partial charge on any atom is -0.492 e. The molecule has 4 aromatic rings. The van der Waals surface area contributed by atoms with Gasteiger partial charge >= 0.3 is 5.97 Å². The number of aryl methyl sites for hydroxylation is 2. The van der Waals surface area contributed by atoms with Gasteiger partial charge in [-0.2, -0.15) is 0 Å². The van der Waals surface area contributed by atoms with Gasteiger partial charge in [0.05, 0.1) is 16.8 Å². The van der Waals surface area contributed by atoms with E-state index in [0.717, 1.165) is 47.3 Å². The predicted octanol–water partition coefficient (Wildman–Crippen LogP) is 8.59. The number of rotatable bonds is 8. The van der Waals surface area contributed by atoms with Crippen LogP contribution in [0.1, 0.15) is 61.3 Å². The largest absolute Gasteiger partial charge is 0.492 e. The number of benzene rings is 2. The van der Waals surface area contributed by atoms with Gasteiger partial charge in [0.2, 0.25) is 0 Å². The first-order valence-electron chi connectivity index (χ1n) is 14.5. The van der Waals surface area contributed by atoms with Crippen molar-refractivity contribution in [2.24, 2.45) is 11.8 Å². The number of aliphatic carboxylic acids is 1. The molecule has 1 saturated carbocycles. The number of aromatic nitrogens is 1. The van der Waals surface area contributed by atoms with Gasteiger partial charge in [0.15, 0.2) is 0 Å². The number of fused-ring (bicyclic) bond motifs is 3. The molecule has 0 amide bonds. The Bertz CT molecular complexity index is 1590. The van der Waals surface area contributed by atoms with Crippen molar-refractivity contribution >= 4 is 44.8 Å². The number of hydrogen-bond donors (Lipinski definition) is 2. The Hall–Kier alpha value is -3.09. The third kappa shape index (κ3) is 5.21. The standard InChI is InChI=1S/C34H37ClN2O3S/c1-21(20-40-30-7-13-36-29-8-14-41-31(29)30)15-25-18-24-16-22(2)23(3)17-28(24)33(25)9-11-34(12-10-33,32(38)39)37-27-6-4-5-26(35)19-27/h4-8,13-14,16-17,19,21,25,37H,9-12,15,18,20H2,1-3H3,(H,38,39)/t21-,25+,33?,34?/m1/s1. The van der Waals surface area contributed by atoms with Crippen LogP contribution in [0.3, 0.4) is 0 Å². The second-order valence-corrected chi connectivity index (χ2v) is 13.6. The first kappa shape index (κ1) is 28.0. The molecule has 214 valence electrons. The highest BCUT2D eigenvalue weighted by Crippen LogP contribution is 2.56. The Morgan fingerprint density at radius 2 is 1.93 bits per heavy atom. The number of ether oxygens (including phenoxy) is 1. The number of hydrogen-bond acceptors (Lipinski definition) is 5. The van der Waals surface area contributed by atoms with E-state index in [1.165, 1.54) is 22.3 Å². The Balaban J connectivity index is 1.24. The molecule has 2 aliphatic carbocycles. The normalized spacial score (nSPS) is 24.3. The molecule has 5 nitrogen and oxygen atoms in total. The van der Waals surface area contributed by atoms with Gasteiger partial charge in [0.25, 0.3) is 0 Å². The lowest BCUT2D eigenvalue weighted by Crippen LogP contribution is -2.53. The number of thiophene rings is 1. The van der Waals surface area contributed by atoms with Crippen LogP contribution in [-0.2, 0) is 16.6 Å². The average Bonchev–Trinajstić information content (AvgIpc) is 3.53. The Morgan fingerprint density at radius 3 is 2.68 bits per heavy atom. The summed E-state index contributed by atoms with van der Waals surface area (Å²) in [7, 11) is 0. The number of nitrogens with one attached hydrogen (secondary N) is 1.